The zero-order chi connectivity index (χ0) is 20.1. The zero-order valence-electron chi connectivity index (χ0n) is 15.2. The summed E-state index contributed by atoms with van der Waals surface area (Å²) in [7, 11) is 0. The van der Waals surface area contributed by atoms with Gasteiger partial charge in [0.1, 0.15) is 0 Å². The summed E-state index contributed by atoms with van der Waals surface area (Å²) in [5.41, 5.74) is 0.755. The van der Waals surface area contributed by atoms with Crippen LogP contribution >= 0.6 is 11.6 Å². The van der Waals surface area contributed by atoms with Crippen LogP contribution in [0.5, 0.6) is 0 Å². The molecule has 1 saturated heterocycles. The van der Waals surface area contributed by atoms with Gasteiger partial charge in [0, 0.05) is 18.1 Å². The first-order chi connectivity index (χ1) is 13.5. The number of imide groups is 1. The lowest BCUT2D eigenvalue weighted by Gasteiger charge is -2.14. The molecule has 2 aliphatic rings. The lowest BCUT2D eigenvalue weighted by atomic mass is 9.85. The van der Waals surface area contributed by atoms with Crippen LogP contribution in [-0.2, 0) is 30.5 Å². The van der Waals surface area contributed by atoms with E-state index in [1.807, 2.05) is 12.2 Å². The van der Waals surface area contributed by atoms with E-state index in [0.29, 0.717) is 17.9 Å². The summed E-state index contributed by atoms with van der Waals surface area (Å²) >= 11 is 6.01. The number of benzene rings is 1. The fourth-order valence-electron chi connectivity index (χ4n) is 3.40. The van der Waals surface area contributed by atoms with Crippen LogP contribution in [0.15, 0.2) is 36.4 Å². The molecule has 0 aromatic heterocycles. The second-order valence-corrected chi connectivity index (χ2v) is 7.17. The van der Waals surface area contributed by atoms with Crippen LogP contribution in [0.3, 0.4) is 0 Å². The maximum absolute atomic E-state index is 12.3. The van der Waals surface area contributed by atoms with Crippen molar-refractivity contribution < 1.29 is 23.9 Å². The number of allylic oxidation sites excluding steroid dienone is 2. The molecule has 3 rings (SSSR count). The van der Waals surface area contributed by atoms with Crippen molar-refractivity contribution in [2.24, 2.45) is 11.8 Å². The van der Waals surface area contributed by atoms with Crippen LogP contribution in [0.1, 0.15) is 24.8 Å². The summed E-state index contributed by atoms with van der Waals surface area (Å²) in [6.45, 7) is -0.227. The highest BCUT2D eigenvalue weighted by atomic mass is 35.5. The largest absolute Gasteiger partial charge is 0.456 e. The van der Waals surface area contributed by atoms with E-state index in [0.717, 1.165) is 10.5 Å². The number of rotatable bonds is 7. The Morgan fingerprint density at radius 1 is 1.11 bits per heavy atom. The predicted octanol–water partition coefficient (Wildman–Crippen LogP) is 1.84. The number of nitrogens with one attached hydrogen (secondary N) is 1. The third kappa shape index (κ3) is 4.59. The third-order valence-electron chi connectivity index (χ3n) is 4.94. The minimum absolute atomic E-state index is 0.0231. The van der Waals surface area contributed by atoms with Gasteiger partial charge in [0.15, 0.2) is 6.61 Å². The lowest BCUT2D eigenvalue weighted by Crippen LogP contribution is -2.34. The molecule has 0 radical (unpaired) electrons. The molecule has 1 heterocycles. The molecule has 1 aromatic rings. The number of likely N-dealkylation sites (tertiary alicyclic amines) is 1. The normalized spacial score (nSPS) is 20.8. The number of ether oxygens (including phenoxy) is 1. The van der Waals surface area contributed by atoms with Crippen LogP contribution in [-0.4, -0.2) is 41.7 Å². The van der Waals surface area contributed by atoms with Gasteiger partial charge in [0.2, 0.25) is 11.8 Å². The van der Waals surface area contributed by atoms with E-state index in [2.05, 4.69) is 5.32 Å². The third-order valence-corrected chi connectivity index (χ3v) is 5.31. The highest BCUT2D eigenvalue weighted by Gasteiger charge is 2.46. The number of hydrogen-bond acceptors (Lipinski definition) is 5. The number of hydrogen-bond donors (Lipinski definition) is 1. The van der Waals surface area contributed by atoms with Gasteiger partial charge < -0.3 is 10.1 Å². The second-order valence-electron chi connectivity index (χ2n) is 6.76. The molecule has 0 spiro atoms. The van der Waals surface area contributed by atoms with Crippen molar-refractivity contribution in [3.8, 4) is 0 Å². The maximum Gasteiger partial charge on any atom is 0.308 e. The topological polar surface area (TPSA) is 92.8 Å². The summed E-state index contributed by atoms with van der Waals surface area (Å²) in [6, 6.07) is 7.10. The average Bonchev–Trinajstić information content (AvgIpc) is 2.94. The molecule has 8 heteroatoms. The molecule has 148 valence electrons. The van der Waals surface area contributed by atoms with Gasteiger partial charge in [-0.2, -0.15) is 0 Å². The molecule has 1 aliphatic heterocycles. The van der Waals surface area contributed by atoms with Crippen LogP contribution < -0.4 is 5.32 Å². The van der Waals surface area contributed by atoms with Gasteiger partial charge in [-0.3, -0.25) is 24.1 Å². The Morgan fingerprint density at radius 3 is 2.39 bits per heavy atom. The monoisotopic (exact) mass is 404 g/mol. The maximum atomic E-state index is 12.3. The van der Waals surface area contributed by atoms with Crippen LogP contribution in [0, 0.1) is 11.8 Å². The molecule has 1 aliphatic carbocycles. The fourth-order valence-corrected chi connectivity index (χ4v) is 3.60. The molecule has 28 heavy (non-hydrogen) atoms. The Labute approximate surface area is 167 Å². The van der Waals surface area contributed by atoms with E-state index in [1.165, 1.54) is 0 Å². The Balaban J connectivity index is 1.39. The smallest absolute Gasteiger partial charge is 0.308 e. The number of carbonyl (C=O) groups is 4. The molecule has 7 nitrogen and oxygen atoms in total. The number of halogens is 1. The molecule has 1 fully saturated rings. The van der Waals surface area contributed by atoms with Gasteiger partial charge in [-0.25, -0.2) is 0 Å². The Kier molecular flexibility index (Phi) is 6.46. The van der Waals surface area contributed by atoms with Crippen molar-refractivity contribution in [3.63, 3.8) is 0 Å². The number of amides is 3. The SMILES string of the molecule is O=C(COC(=O)CCN1C(=O)[C@H]2CC=CC[C@H]2C1=O)NCc1ccccc1Cl. The Morgan fingerprint density at radius 2 is 1.75 bits per heavy atom. The summed E-state index contributed by atoms with van der Waals surface area (Å²) in [4.78, 5) is 49.5. The lowest BCUT2D eigenvalue weighted by molar-refractivity contribution is -0.150. The minimum atomic E-state index is -0.638. The number of esters is 1. The molecule has 0 bridgehead atoms. The first-order valence-corrected chi connectivity index (χ1v) is 9.51. The van der Waals surface area contributed by atoms with E-state index in [1.54, 1.807) is 24.3 Å². The molecule has 0 unspecified atom stereocenters. The van der Waals surface area contributed by atoms with Crippen LogP contribution in [0.2, 0.25) is 5.02 Å². The Hall–Kier alpha value is -2.67. The number of fused-ring (bicyclic) bond motifs is 1. The highest BCUT2D eigenvalue weighted by molar-refractivity contribution is 6.31. The first kappa shape index (κ1) is 20.1. The number of nitrogens with zero attached hydrogens (tertiary/aromatic N) is 1. The van der Waals surface area contributed by atoms with Gasteiger partial charge in [0.05, 0.1) is 18.3 Å². The van der Waals surface area contributed by atoms with Gasteiger partial charge in [0.25, 0.3) is 5.91 Å². The van der Waals surface area contributed by atoms with E-state index >= 15 is 0 Å². The van der Waals surface area contributed by atoms with Gasteiger partial charge in [-0.05, 0) is 24.5 Å². The van der Waals surface area contributed by atoms with Crippen molar-refractivity contribution in [2.45, 2.75) is 25.8 Å². The van der Waals surface area contributed by atoms with Crippen molar-refractivity contribution in [1.82, 2.24) is 10.2 Å². The molecule has 3 amide bonds. The van der Waals surface area contributed by atoms with Crippen molar-refractivity contribution in [1.29, 1.82) is 0 Å². The quantitative estimate of drug-likeness (QED) is 0.425. The molecule has 1 aromatic carbocycles. The van der Waals surface area contributed by atoms with E-state index in [9.17, 15) is 19.2 Å². The van der Waals surface area contributed by atoms with Crippen molar-refractivity contribution in [3.05, 3.63) is 47.0 Å². The first-order valence-electron chi connectivity index (χ1n) is 9.13. The van der Waals surface area contributed by atoms with Gasteiger partial charge >= 0.3 is 5.97 Å². The summed E-state index contributed by atoms with van der Waals surface area (Å²) in [6.07, 6.45) is 4.79. The van der Waals surface area contributed by atoms with Crippen molar-refractivity contribution in [2.75, 3.05) is 13.2 Å². The molecule has 0 saturated carbocycles. The summed E-state index contributed by atoms with van der Waals surface area (Å²) < 4.78 is 4.93. The van der Waals surface area contributed by atoms with Gasteiger partial charge in [-0.15, -0.1) is 0 Å². The molecular weight excluding hydrogens is 384 g/mol. The van der Waals surface area contributed by atoms with E-state index in [-0.39, 0.29) is 43.2 Å². The van der Waals surface area contributed by atoms with Crippen LogP contribution in [0.25, 0.3) is 0 Å². The van der Waals surface area contributed by atoms with E-state index in [4.69, 9.17) is 16.3 Å². The average molecular weight is 405 g/mol. The summed E-state index contributed by atoms with van der Waals surface area (Å²) in [5.74, 6) is -2.19. The standard InChI is InChI=1S/C20H21ClN2O5/c21-16-8-4-1-5-13(16)11-22-17(24)12-28-18(25)9-10-23-19(26)14-6-2-3-7-15(14)20(23)27/h1-5,8,14-15H,6-7,9-12H2,(H,22,24)/t14-,15+. The summed E-state index contributed by atoms with van der Waals surface area (Å²) in [5, 5.41) is 3.15. The van der Waals surface area contributed by atoms with Gasteiger partial charge in [-0.1, -0.05) is 42.0 Å². The molecule has 2 atom stereocenters. The molecular formula is C20H21ClN2O5. The minimum Gasteiger partial charge on any atom is -0.456 e. The van der Waals surface area contributed by atoms with Crippen LogP contribution in [0.4, 0.5) is 0 Å². The number of carbonyl (C=O) groups excluding carboxylic acids is 4. The molecule has 1 N–H and O–H groups in total. The fraction of sp³-hybridized carbons (Fsp3) is 0.400. The van der Waals surface area contributed by atoms with Crippen molar-refractivity contribution >= 4 is 35.3 Å². The predicted molar refractivity (Wildman–Crippen MR) is 101 cm³/mol. The second kappa shape index (κ2) is 9.01. The highest BCUT2D eigenvalue weighted by Crippen LogP contribution is 2.34. The van der Waals surface area contributed by atoms with E-state index < -0.39 is 18.5 Å². The Bertz CT molecular complexity index is 797. The zero-order valence-corrected chi connectivity index (χ0v) is 16.0.